The Kier molecular flexibility index (Phi) is 3.78. The molecule has 0 aromatic carbocycles. The Hall–Kier alpha value is 0.180. The lowest BCUT2D eigenvalue weighted by Crippen LogP contribution is -1.90. The monoisotopic (exact) mass is 246 g/mol. The highest BCUT2D eigenvalue weighted by Gasteiger charge is 2.06. The minimum Gasteiger partial charge on any atom is -0.144 e. The lowest BCUT2D eigenvalue weighted by Gasteiger charge is -2.01. The van der Waals surface area contributed by atoms with E-state index in [0.29, 0.717) is 0 Å². The molecule has 0 N–H and O–H groups in total. The molecule has 0 radical (unpaired) electrons. The van der Waals surface area contributed by atoms with Gasteiger partial charge in [0.05, 0.1) is 0 Å². The molecule has 0 aliphatic heterocycles. The second-order valence-corrected chi connectivity index (χ2v) is 5.51. The molecule has 68 valence electrons. The largest absolute Gasteiger partial charge is 0.144 e. The van der Waals surface area contributed by atoms with Gasteiger partial charge in [0.1, 0.15) is 0 Å². The zero-order chi connectivity index (χ0) is 9.14. The topological polar surface area (TPSA) is 0 Å². The van der Waals surface area contributed by atoms with Crippen LogP contribution in [0.2, 0.25) is 0 Å². The fourth-order valence-electron chi connectivity index (χ4n) is 1.14. The fraction of sp³-hybridized carbons (Fsp3) is 0.600. The van der Waals surface area contributed by atoms with Crippen LogP contribution in [0.25, 0.3) is 0 Å². The molecular formula is C10H15BrS. The van der Waals surface area contributed by atoms with E-state index in [4.69, 9.17) is 0 Å². The Bertz CT molecular complexity index is 250. The third kappa shape index (κ3) is 2.60. The molecule has 0 saturated carbocycles. The predicted octanol–water partition coefficient (Wildman–Crippen LogP) is 4.27. The summed E-state index contributed by atoms with van der Waals surface area (Å²) in [5.74, 6) is 0.754. The van der Waals surface area contributed by atoms with E-state index in [1.807, 2.05) is 11.3 Å². The van der Waals surface area contributed by atoms with E-state index in [9.17, 15) is 0 Å². The first-order valence-corrected chi connectivity index (χ1v) is 6.01. The first-order chi connectivity index (χ1) is 5.63. The Morgan fingerprint density at radius 3 is 2.58 bits per heavy atom. The maximum absolute atomic E-state index is 3.60. The third-order valence-corrected chi connectivity index (χ3v) is 4.02. The van der Waals surface area contributed by atoms with Crippen LogP contribution in [-0.2, 0) is 12.8 Å². The highest BCUT2D eigenvalue weighted by atomic mass is 79.9. The summed E-state index contributed by atoms with van der Waals surface area (Å²) in [4.78, 5) is 2.99. The van der Waals surface area contributed by atoms with Crippen LogP contribution in [0.15, 0.2) is 10.5 Å². The minimum absolute atomic E-state index is 0.754. The summed E-state index contributed by atoms with van der Waals surface area (Å²) in [6.45, 7) is 6.73. The molecule has 0 fully saturated rings. The molecule has 0 amide bonds. The SMILES string of the molecule is CCc1cc(Br)c(CC(C)C)s1. The lowest BCUT2D eigenvalue weighted by atomic mass is 10.1. The minimum atomic E-state index is 0.754. The van der Waals surface area contributed by atoms with Crippen LogP contribution in [0.3, 0.4) is 0 Å². The molecule has 0 aliphatic carbocycles. The van der Waals surface area contributed by atoms with E-state index >= 15 is 0 Å². The summed E-state index contributed by atoms with van der Waals surface area (Å²) in [6, 6.07) is 2.25. The van der Waals surface area contributed by atoms with E-state index in [0.717, 1.165) is 12.3 Å². The summed E-state index contributed by atoms with van der Waals surface area (Å²) in [7, 11) is 0. The van der Waals surface area contributed by atoms with E-state index in [1.165, 1.54) is 20.6 Å². The molecule has 0 aliphatic rings. The van der Waals surface area contributed by atoms with Crippen LogP contribution in [0.5, 0.6) is 0 Å². The summed E-state index contributed by atoms with van der Waals surface area (Å²) < 4.78 is 1.30. The van der Waals surface area contributed by atoms with Gasteiger partial charge < -0.3 is 0 Å². The van der Waals surface area contributed by atoms with Crippen molar-refractivity contribution < 1.29 is 0 Å². The average Bonchev–Trinajstić information content (AvgIpc) is 2.31. The predicted molar refractivity (Wildman–Crippen MR) is 59.9 cm³/mol. The van der Waals surface area contributed by atoms with Crippen molar-refractivity contribution in [2.45, 2.75) is 33.6 Å². The van der Waals surface area contributed by atoms with Gasteiger partial charge in [-0.15, -0.1) is 11.3 Å². The van der Waals surface area contributed by atoms with Crippen LogP contribution in [0.1, 0.15) is 30.5 Å². The van der Waals surface area contributed by atoms with E-state index in [2.05, 4.69) is 42.8 Å². The van der Waals surface area contributed by atoms with Gasteiger partial charge in [0.2, 0.25) is 0 Å². The van der Waals surface area contributed by atoms with Crippen LogP contribution in [0.4, 0.5) is 0 Å². The van der Waals surface area contributed by atoms with Crippen molar-refractivity contribution in [3.63, 3.8) is 0 Å². The second kappa shape index (κ2) is 4.43. The maximum atomic E-state index is 3.60. The molecular weight excluding hydrogens is 232 g/mol. The van der Waals surface area contributed by atoms with Crippen molar-refractivity contribution >= 4 is 27.3 Å². The normalized spacial score (nSPS) is 11.1. The van der Waals surface area contributed by atoms with Gasteiger partial charge in [0.15, 0.2) is 0 Å². The molecule has 1 aromatic heterocycles. The van der Waals surface area contributed by atoms with Crippen molar-refractivity contribution in [3.05, 3.63) is 20.3 Å². The van der Waals surface area contributed by atoms with E-state index in [1.54, 1.807) is 0 Å². The molecule has 12 heavy (non-hydrogen) atoms. The lowest BCUT2D eigenvalue weighted by molar-refractivity contribution is 0.653. The quantitative estimate of drug-likeness (QED) is 0.748. The number of hydrogen-bond acceptors (Lipinski definition) is 1. The van der Waals surface area contributed by atoms with Crippen molar-refractivity contribution in [3.8, 4) is 0 Å². The standard InChI is InChI=1S/C10H15BrS/c1-4-8-6-9(11)10(12-8)5-7(2)3/h6-7H,4-5H2,1-3H3. The zero-order valence-corrected chi connectivity index (χ0v) is 10.3. The molecule has 0 spiro atoms. The molecule has 0 saturated heterocycles. The molecule has 1 aromatic rings. The van der Waals surface area contributed by atoms with Gasteiger partial charge in [0, 0.05) is 14.2 Å². The maximum Gasteiger partial charge on any atom is 0.0317 e. The highest BCUT2D eigenvalue weighted by Crippen LogP contribution is 2.29. The zero-order valence-electron chi connectivity index (χ0n) is 7.86. The molecule has 1 heterocycles. The van der Waals surface area contributed by atoms with Crippen LogP contribution < -0.4 is 0 Å². The average molecular weight is 247 g/mol. The summed E-state index contributed by atoms with van der Waals surface area (Å²) >= 11 is 5.54. The summed E-state index contributed by atoms with van der Waals surface area (Å²) in [5.41, 5.74) is 0. The molecule has 1 rings (SSSR count). The molecule has 0 unspecified atom stereocenters. The van der Waals surface area contributed by atoms with Gasteiger partial charge in [-0.05, 0) is 40.8 Å². The Morgan fingerprint density at radius 1 is 1.50 bits per heavy atom. The van der Waals surface area contributed by atoms with Crippen LogP contribution in [0, 0.1) is 5.92 Å². The first kappa shape index (κ1) is 10.3. The third-order valence-electron chi connectivity index (χ3n) is 1.75. The summed E-state index contributed by atoms with van der Waals surface area (Å²) in [5, 5.41) is 0. The summed E-state index contributed by atoms with van der Waals surface area (Å²) in [6.07, 6.45) is 2.35. The van der Waals surface area contributed by atoms with Gasteiger partial charge in [-0.2, -0.15) is 0 Å². The van der Waals surface area contributed by atoms with Crippen LogP contribution >= 0.6 is 27.3 Å². The molecule has 0 bridgehead atoms. The Balaban J connectivity index is 2.77. The number of aryl methyl sites for hydroxylation is 1. The fourth-order valence-corrected chi connectivity index (χ4v) is 3.19. The van der Waals surface area contributed by atoms with Gasteiger partial charge in [-0.1, -0.05) is 20.8 Å². The van der Waals surface area contributed by atoms with Gasteiger partial charge in [-0.3, -0.25) is 0 Å². The Morgan fingerprint density at radius 2 is 2.17 bits per heavy atom. The van der Waals surface area contributed by atoms with Gasteiger partial charge in [-0.25, -0.2) is 0 Å². The highest BCUT2D eigenvalue weighted by molar-refractivity contribution is 9.10. The Labute approximate surface area is 87.1 Å². The number of halogens is 1. The van der Waals surface area contributed by atoms with Crippen molar-refractivity contribution in [2.75, 3.05) is 0 Å². The van der Waals surface area contributed by atoms with Crippen molar-refractivity contribution in [2.24, 2.45) is 5.92 Å². The molecule has 0 nitrogen and oxygen atoms in total. The number of thiophene rings is 1. The number of hydrogen-bond donors (Lipinski definition) is 0. The van der Waals surface area contributed by atoms with E-state index < -0.39 is 0 Å². The number of rotatable bonds is 3. The van der Waals surface area contributed by atoms with Crippen molar-refractivity contribution in [1.29, 1.82) is 0 Å². The van der Waals surface area contributed by atoms with Crippen molar-refractivity contribution in [1.82, 2.24) is 0 Å². The van der Waals surface area contributed by atoms with Gasteiger partial charge >= 0.3 is 0 Å². The van der Waals surface area contributed by atoms with Gasteiger partial charge in [0.25, 0.3) is 0 Å². The first-order valence-electron chi connectivity index (χ1n) is 4.40. The van der Waals surface area contributed by atoms with Crippen LogP contribution in [-0.4, -0.2) is 0 Å². The van der Waals surface area contributed by atoms with E-state index in [-0.39, 0.29) is 0 Å². The smallest absolute Gasteiger partial charge is 0.0317 e. The molecule has 2 heteroatoms. The second-order valence-electron chi connectivity index (χ2n) is 3.44. The molecule has 0 atom stereocenters.